The van der Waals surface area contributed by atoms with Crippen LogP contribution in [-0.2, 0) is 0 Å². The molecule has 2 heterocycles. The molecule has 0 aliphatic rings. The quantitative estimate of drug-likeness (QED) is 0.382. The molecular formula is C25H19N3OS. The van der Waals surface area contributed by atoms with Crippen LogP contribution in [0.2, 0.25) is 0 Å². The second-order valence-corrected chi connectivity index (χ2v) is 8.24. The highest BCUT2D eigenvalue weighted by Gasteiger charge is 2.15. The number of rotatable bonds is 4. The molecule has 0 aliphatic heterocycles. The van der Waals surface area contributed by atoms with Crippen molar-refractivity contribution in [2.45, 2.75) is 16.7 Å². The Morgan fingerprint density at radius 1 is 0.733 bits per heavy atom. The molecule has 0 fully saturated rings. The number of hydrogen-bond acceptors (Lipinski definition) is 4. The fraction of sp³-hybridized carbons (Fsp3) is 0.0400. The van der Waals surface area contributed by atoms with Gasteiger partial charge in [-0.15, -0.1) is 0 Å². The maximum Gasteiger partial charge on any atom is 0.223 e. The molecule has 5 heteroatoms. The zero-order valence-electron chi connectivity index (χ0n) is 16.4. The van der Waals surface area contributed by atoms with Crippen LogP contribution in [-0.4, -0.2) is 19.7 Å². The summed E-state index contributed by atoms with van der Waals surface area (Å²) in [6, 6.07) is 26.6. The van der Waals surface area contributed by atoms with Crippen molar-refractivity contribution in [1.29, 1.82) is 0 Å². The lowest BCUT2D eigenvalue weighted by atomic mass is 10.1. The molecule has 30 heavy (non-hydrogen) atoms. The molecule has 5 aromatic rings. The third kappa shape index (κ3) is 3.44. The Balaban J connectivity index is 1.48. The Bertz CT molecular complexity index is 1310. The minimum Gasteiger partial charge on any atom is -0.493 e. The van der Waals surface area contributed by atoms with E-state index in [1.54, 1.807) is 24.2 Å². The smallest absolute Gasteiger partial charge is 0.223 e. The SMILES string of the molecule is Cc1ccc(-c2cnc3c(-c4ccc(Sc5ccccc5)cc4)cnn3c2O)cc1. The molecule has 0 saturated carbocycles. The predicted molar refractivity (Wildman–Crippen MR) is 121 cm³/mol. The molecule has 0 unspecified atom stereocenters. The van der Waals surface area contributed by atoms with E-state index < -0.39 is 0 Å². The third-order valence-corrected chi connectivity index (χ3v) is 6.02. The third-order valence-electron chi connectivity index (χ3n) is 5.01. The number of aryl methyl sites for hydroxylation is 1. The van der Waals surface area contributed by atoms with Gasteiger partial charge in [0.15, 0.2) is 5.65 Å². The average Bonchev–Trinajstić information content (AvgIpc) is 3.21. The molecule has 0 amide bonds. The van der Waals surface area contributed by atoms with Crippen LogP contribution >= 0.6 is 11.8 Å². The molecular weight excluding hydrogens is 390 g/mol. The fourth-order valence-corrected chi connectivity index (χ4v) is 4.22. The van der Waals surface area contributed by atoms with Crippen molar-refractivity contribution in [3.8, 4) is 28.1 Å². The average molecular weight is 410 g/mol. The van der Waals surface area contributed by atoms with Gasteiger partial charge in [-0.2, -0.15) is 9.61 Å². The first kappa shape index (κ1) is 18.5. The van der Waals surface area contributed by atoms with Gasteiger partial charge in [-0.3, -0.25) is 0 Å². The van der Waals surface area contributed by atoms with E-state index in [0.29, 0.717) is 11.2 Å². The second-order valence-electron chi connectivity index (χ2n) is 7.09. The molecule has 0 aliphatic carbocycles. The summed E-state index contributed by atoms with van der Waals surface area (Å²) in [7, 11) is 0. The summed E-state index contributed by atoms with van der Waals surface area (Å²) in [6.07, 6.45) is 3.46. The van der Waals surface area contributed by atoms with Crippen LogP contribution in [0, 0.1) is 6.92 Å². The van der Waals surface area contributed by atoms with Gasteiger partial charge in [0.25, 0.3) is 0 Å². The lowest BCUT2D eigenvalue weighted by Gasteiger charge is -2.07. The minimum absolute atomic E-state index is 0.0892. The van der Waals surface area contributed by atoms with Crippen molar-refractivity contribution in [3.63, 3.8) is 0 Å². The van der Waals surface area contributed by atoms with Crippen molar-refractivity contribution >= 4 is 17.4 Å². The molecule has 0 bridgehead atoms. The highest BCUT2D eigenvalue weighted by atomic mass is 32.2. The highest BCUT2D eigenvalue weighted by Crippen LogP contribution is 2.34. The Labute approximate surface area is 178 Å². The molecule has 5 rings (SSSR count). The van der Waals surface area contributed by atoms with Crippen molar-refractivity contribution in [2.24, 2.45) is 0 Å². The molecule has 2 aromatic heterocycles. The van der Waals surface area contributed by atoms with Gasteiger partial charge in [-0.25, -0.2) is 4.98 Å². The largest absolute Gasteiger partial charge is 0.493 e. The van der Waals surface area contributed by atoms with Gasteiger partial charge in [0.05, 0.1) is 11.8 Å². The standard InChI is InChI=1S/C25H19N3OS/c1-17-7-9-19(10-8-17)23-15-26-24-22(16-27-28(24)25(23)29)18-11-13-21(14-12-18)30-20-5-3-2-4-6-20/h2-16,29H,1H3. The van der Waals surface area contributed by atoms with E-state index in [1.165, 1.54) is 19.9 Å². The number of nitrogens with zero attached hydrogens (tertiary/aromatic N) is 3. The van der Waals surface area contributed by atoms with Crippen LogP contribution in [0.5, 0.6) is 5.88 Å². The molecule has 0 radical (unpaired) electrons. The van der Waals surface area contributed by atoms with Crippen LogP contribution in [0.25, 0.3) is 27.9 Å². The van der Waals surface area contributed by atoms with Gasteiger partial charge in [0.1, 0.15) is 0 Å². The van der Waals surface area contributed by atoms with Crippen LogP contribution in [0.3, 0.4) is 0 Å². The Hall–Kier alpha value is -3.57. The molecule has 1 N–H and O–H groups in total. The lowest BCUT2D eigenvalue weighted by molar-refractivity contribution is 0.437. The van der Waals surface area contributed by atoms with Crippen LogP contribution in [0.15, 0.2) is 101 Å². The van der Waals surface area contributed by atoms with E-state index in [-0.39, 0.29) is 5.88 Å². The molecule has 146 valence electrons. The summed E-state index contributed by atoms with van der Waals surface area (Å²) in [4.78, 5) is 6.97. The molecule has 0 spiro atoms. The maximum atomic E-state index is 10.8. The fourth-order valence-electron chi connectivity index (χ4n) is 3.39. The normalized spacial score (nSPS) is 11.1. The van der Waals surface area contributed by atoms with Gasteiger partial charge in [-0.05, 0) is 42.3 Å². The van der Waals surface area contributed by atoms with Crippen molar-refractivity contribution in [1.82, 2.24) is 14.6 Å². The number of hydrogen-bond donors (Lipinski definition) is 1. The van der Waals surface area contributed by atoms with Gasteiger partial charge < -0.3 is 5.11 Å². The lowest BCUT2D eigenvalue weighted by Crippen LogP contribution is -1.94. The number of fused-ring (bicyclic) bond motifs is 1. The number of aromatic hydroxyl groups is 1. The van der Waals surface area contributed by atoms with Gasteiger partial charge in [0, 0.05) is 21.6 Å². The number of benzene rings is 3. The maximum absolute atomic E-state index is 10.8. The van der Waals surface area contributed by atoms with E-state index in [0.717, 1.165) is 16.7 Å². The van der Waals surface area contributed by atoms with E-state index in [9.17, 15) is 5.11 Å². The molecule has 4 nitrogen and oxygen atoms in total. The van der Waals surface area contributed by atoms with Crippen LogP contribution in [0.1, 0.15) is 5.56 Å². The second kappa shape index (κ2) is 7.69. The first-order valence-electron chi connectivity index (χ1n) is 9.65. The number of aromatic nitrogens is 3. The van der Waals surface area contributed by atoms with Crippen molar-refractivity contribution in [3.05, 3.63) is 96.8 Å². The highest BCUT2D eigenvalue weighted by molar-refractivity contribution is 7.99. The zero-order chi connectivity index (χ0) is 20.5. The van der Waals surface area contributed by atoms with Crippen LogP contribution < -0.4 is 0 Å². The summed E-state index contributed by atoms with van der Waals surface area (Å²) in [5, 5.41) is 15.2. The Morgan fingerprint density at radius 2 is 1.37 bits per heavy atom. The topological polar surface area (TPSA) is 50.4 Å². The van der Waals surface area contributed by atoms with Crippen LogP contribution in [0.4, 0.5) is 0 Å². The molecule has 0 atom stereocenters. The molecule has 0 saturated heterocycles. The zero-order valence-corrected chi connectivity index (χ0v) is 17.2. The van der Waals surface area contributed by atoms with Crippen molar-refractivity contribution < 1.29 is 5.11 Å². The summed E-state index contributed by atoms with van der Waals surface area (Å²) in [5.41, 5.74) is 5.27. The van der Waals surface area contributed by atoms with E-state index in [2.05, 4.69) is 46.5 Å². The minimum atomic E-state index is 0.0892. The monoisotopic (exact) mass is 409 g/mol. The summed E-state index contributed by atoms with van der Waals surface area (Å²) < 4.78 is 1.50. The summed E-state index contributed by atoms with van der Waals surface area (Å²) >= 11 is 1.72. The van der Waals surface area contributed by atoms with Gasteiger partial charge in [-0.1, -0.05) is 71.9 Å². The van der Waals surface area contributed by atoms with E-state index in [1.807, 2.05) is 49.4 Å². The van der Waals surface area contributed by atoms with E-state index >= 15 is 0 Å². The molecule has 3 aromatic carbocycles. The Kier molecular flexibility index (Phi) is 4.73. The van der Waals surface area contributed by atoms with Gasteiger partial charge >= 0.3 is 0 Å². The summed E-state index contributed by atoms with van der Waals surface area (Å²) in [6.45, 7) is 2.04. The first-order chi connectivity index (χ1) is 14.7. The van der Waals surface area contributed by atoms with Crippen molar-refractivity contribution in [2.75, 3.05) is 0 Å². The summed E-state index contributed by atoms with van der Waals surface area (Å²) in [5.74, 6) is 0.0892. The predicted octanol–water partition coefficient (Wildman–Crippen LogP) is 6.23. The van der Waals surface area contributed by atoms with E-state index in [4.69, 9.17) is 0 Å². The Morgan fingerprint density at radius 3 is 2.10 bits per heavy atom. The van der Waals surface area contributed by atoms with Gasteiger partial charge in [0.2, 0.25) is 5.88 Å². The first-order valence-corrected chi connectivity index (χ1v) is 10.5.